The van der Waals surface area contributed by atoms with Crippen LogP contribution >= 0.6 is 0 Å². The molecule has 0 fully saturated rings. The molecule has 0 radical (unpaired) electrons. The maximum Gasteiger partial charge on any atom is 0.165 e. The highest BCUT2D eigenvalue weighted by atomic mass is 16.1. The zero-order valence-corrected chi connectivity index (χ0v) is 7.86. The van der Waals surface area contributed by atoms with Crippen LogP contribution in [0, 0.1) is 0 Å². The number of hydrogen-bond donors (Lipinski definition) is 0. The first kappa shape index (κ1) is 9.84. The molecule has 0 amide bonds. The summed E-state index contributed by atoms with van der Waals surface area (Å²) in [4.78, 5) is 19.0. The van der Waals surface area contributed by atoms with Gasteiger partial charge in [-0.15, -0.1) is 0 Å². The van der Waals surface area contributed by atoms with Gasteiger partial charge in [-0.1, -0.05) is 19.8 Å². The Kier molecular flexibility index (Phi) is 4.09. The van der Waals surface area contributed by atoms with Crippen molar-refractivity contribution in [1.82, 2.24) is 9.97 Å². The first-order valence-corrected chi connectivity index (χ1v) is 4.62. The Morgan fingerprint density at radius 3 is 2.62 bits per heavy atom. The Balaban J connectivity index is 2.40. The third-order valence-corrected chi connectivity index (χ3v) is 1.89. The van der Waals surface area contributed by atoms with Crippen molar-refractivity contribution in [2.24, 2.45) is 0 Å². The molecular weight excluding hydrogens is 164 g/mol. The number of nitrogens with zero attached hydrogens (tertiary/aromatic N) is 2. The van der Waals surface area contributed by atoms with Gasteiger partial charge >= 0.3 is 0 Å². The minimum Gasteiger partial charge on any atom is -0.294 e. The SMILES string of the molecule is CCCCCC(=O)c1cncnc1. The van der Waals surface area contributed by atoms with E-state index in [9.17, 15) is 4.79 Å². The van der Waals surface area contributed by atoms with Gasteiger partial charge in [-0.05, 0) is 6.42 Å². The van der Waals surface area contributed by atoms with Crippen LogP contribution < -0.4 is 0 Å². The van der Waals surface area contributed by atoms with E-state index < -0.39 is 0 Å². The van der Waals surface area contributed by atoms with Crippen LogP contribution in [0.4, 0.5) is 0 Å². The number of carbonyl (C=O) groups excluding carboxylic acids is 1. The van der Waals surface area contributed by atoms with Gasteiger partial charge in [0.2, 0.25) is 0 Å². The van der Waals surface area contributed by atoms with Crippen LogP contribution in [0.2, 0.25) is 0 Å². The minimum absolute atomic E-state index is 0.147. The maximum atomic E-state index is 11.4. The van der Waals surface area contributed by atoms with Crippen molar-refractivity contribution < 1.29 is 4.79 Å². The third-order valence-electron chi connectivity index (χ3n) is 1.89. The number of Topliss-reactive ketones (excluding diaryl/α,β-unsaturated/α-hetero) is 1. The summed E-state index contributed by atoms with van der Waals surface area (Å²) in [7, 11) is 0. The fourth-order valence-corrected chi connectivity index (χ4v) is 1.12. The molecule has 0 unspecified atom stereocenters. The summed E-state index contributed by atoms with van der Waals surface area (Å²) in [6, 6.07) is 0. The van der Waals surface area contributed by atoms with Gasteiger partial charge in [0.05, 0.1) is 5.56 Å². The molecule has 1 aromatic rings. The highest BCUT2D eigenvalue weighted by molar-refractivity contribution is 5.95. The maximum absolute atomic E-state index is 11.4. The van der Waals surface area contributed by atoms with E-state index in [0.29, 0.717) is 12.0 Å². The van der Waals surface area contributed by atoms with Crippen LogP contribution in [-0.4, -0.2) is 15.8 Å². The Bertz CT molecular complexity index is 259. The van der Waals surface area contributed by atoms with Crippen molar-refractivity contribution in [3.63, 3.8) is 0 Å². The highest BCUT2D eigenvalue weighted by Gasteiger charge is 2.04. The lowest BCUT2D eigenvalue weighted by Gasteiger charge is -1.98. The largest absolute Gasteiger partial charge is 0.294 e. The smallest absolute Gasteiger partial charge is 0.165 e. The second-order valence-corrected chi connectivity index (χ2v) is 3.01. The lowest BCUT2D eigenvalue weighted by molar-refractivity contribution is 0.0978. The van der Waals surface area contributed by atoms with E-state index in [2.05, 4.69) is 16.9 Å². The Morgan fingerprint density at radius 2 is 2.00 bits per heavy atom. The molecule has 3 heteroatoms. The van der Waals surface area contributed by atoms with Crippen LogP contribution in [0.1, 0.15) is 43.0 Å². The van der Waals surface area contributed by atoms with Gasteiger partial charge in [0.25, 0.3) is 0 Å². The molecule has 1 rings (SSSR count). The van der Waals surface area contributed by atoms with E-state index in [-0.39, 0.29) is 5.78 Å². The van der Waals surface area contributed by atoms with Crippen molar-refractivity contribution in [3.8, 4) is 0 Å². The predicted molar refractivity (Wildman–Crippen MR) is 50.5 cm³/mol. The fraction of sp³-hybridized carbons (Fsp3) is 0.500. The van der Waals surface area contributed by atoms with Gasteiger partial charge < -0.3 is 0 Å². The Morgan fingerprint density at radius 1 is 1.31 bits per heavy atom. The van der Waals surface area contributed by atoms with E-state index in [1.165, 1.54) is 6.33 Å². The van der Waals surface area contributed by atoms with Gasteiger partial charge in [0, 0.05) is 18.8 Å². The van der Waals surface area contributed by atoms with Gasteiger partial charge in [-0.3, -0.25) is 4.79 Å². The molecule has 13 heavy (non-hydrogen) atoms. The zero-order valence-electron chi connectivity index (χ0n) is 7.86. The summed E-state index contributed by atoms with van der Waals surface area (Å²) < 4.78 is 0. The van der Waals surface area contributed by atoms with Gasteiger partial charge in [-0.25, -0.2) is 9.97 Å². The Hall–Kier alpha value is -1.25. The van der Waals surface area contributed by atoms with E-state index >= 15 is 0 Å². The van der Waals surface area contributed by atoms with Crippen molar-refractivity contribution in [3.05, 3.63) is 24.3 Å². The molecule has 0 bridgehead atoms. The molecule has 1 heterocycles. The molecule has 0 aliphatic heterocycles. The number of rotatable bonds is 5. The summed E-state index contributed by atoms with van der Waals surface area (Å²) in [6.45, 7) is 2.12. The van der Waals surface area contributed by atoms with E-state index in [0.717, 1.165) is 19.3 Å². The predicted octanol–water partition coefficient (Wildman–Crippen LogP) is 2.24. The normalized spacial score (nSPS) is 9.92. The lowest BCUT2D eigenvalue weighted by atomic mass is 10.1. The standard InChI is InChI=1S/C10H14N2O/c1-2-3-4-5-10(13)9-6-11-8-12-7-9/h6-8H,2-5H2,1H3. The van der Waals surface area contributed by atoms with E-state index in [1.807, 2.05) is 0 Å². The molecule has 0 spiro atoms. The molecule has 0 saturated heterocycles. The summed E-state index contributed by atoms with van der Waals surface area (Å²) in [5, 5.41) is 0. The molecule has 0 N–H and O–H groups in total. The Labute approximate surface area is 78.2 Å². The van der Waals surface area contributed by atoms with Gasteiger partial charge in [-0.2, -0.15) is 0 Å². The molecule has 0 saturated carbocycles. The lowest BCUT2D eigenvalue weighted by Crippen LogP contribution is -1.99. The average molecular weight is 178 g/mol. The number of carbonyl (C=O) groups is 1. The molecule has 0 aliphatic rings. The molecule has 0 aromatic carbocycles. The summed E-state index contributed by atoms with van der Waals surface area (Å²) in [6.07, 6.45) is 8.40. The van der Waals surface area contributed by atoms with Crippen LogP contribution in [0.25, 0.3) is 0 Å². The monoisotopic (exact) mass is 178 g/mol. The second kappa shape index (κ2) is 5.41. The van der Waals surface area contributed by atoms with Crippen molar-refractivity contribution in [2.45, 2.75) is 32.6 Å². The first-order chi connectivity index (χ1) is 6.34. The minimum atomic E-state index is 0.147. The van der Waals surface area contributed by atoms with E-state index in [1.54, 1.807) is 12.4 Å². The van der Waals surface area contributed by atoms with Crippen molar-refractivity contribution in [1.29, 1.82) is 0 Å². The molecule has 0 aliphatic carbocycles. The topological polar surface area (TPSA) is 42.9 Å². The number of aromatic nitrogens is 2. The highest BCUT2D eigenvalue weighted by Crippen LogP contribution is 2.05. The number of ketones is 1. The summed E-state index contributed by atoms with van der Waals surface area (Å²) in [5.41, 5.74) is 0.624. The van der Waals surface area contributed by atoms with Gasteiger partial charge in [0.15, 0.2) is 5.78 Å². The third kappa shape index (κ3) is 3.32. The quantitative estimate of drug-likeness (QED) is 0.513. The second-order valence-electron chi connectivity index (χ2n) is 3.01. The van der Waals surface area contributed by atoms with Crippen LogP contribution in [0.3, 0.4) is 0 Å². The average Bonchev–Trinajstić information content (AvgIpc) is 2.19. The molecule has 0 atom stereocenters. The van der Waals surface area contributed by atoms with Crippen molar-refractivity contribution in [2.75, 3.05) is 0 Å². The molecule has 70 valence electrons. The number of hydrogen-bond acceptors (Lipinski definition) is 3. The first-order valence-electron chi connectivity index (χ1n) is 4.62. The van der Waals surface area contributed by atoms with Crippen LogP contribution in [0.5, 0.6) is 0 Å². The van der Waals surface area contributed by atoms with Crippen LogP contribution in [0.15, 0.2) is 18.7 Å². The summed E-state index contributed by atoms with van der Waals surface area (Å²) >= 11 is 0. The fourth-order valence-electron chi connectivity index (χ4n) is 1.12. The summed E-state index contributed by atoms with van der Waals surface area (Å²) in [5.74, 6) is 0.147. The van der Waals surface area contributed by atoms with Crippen molar-refractivity contribution >= 4 is 5.78 Å². The van der Waals surface area contributed by atoms with E-state index in [4.69, 9.17) is 0 Å². The molecule has 3 nitrogen and oxygen atoms in total. The zero-order chi connectivity index (χ0) is 9.52. The van der Waals surface area contributed by atoms with Gasteiger partial charge in [0.1, 0.15) is 6.33 Å². The molecular formula is C10H14N2O. The number of unbranched alkanes of at least 4 members (excludes halogenated alkanes) is 2. The molecule has 1 aromatic heterocycles. The van der Waals surface area contributed by atoms with Crippen LogP contribution in [-0.2, 0) is 0 Å².